The van der Waals surface area contributed by atoms with E-state index in [1.807, 2.05) is 0 Å². The predicted octanol–water partition coefficient (Wildman–Crippen LogP) is 1.15. The third-order valence-electron chi connectivity index (χ3n) is 2.49. The molecule has 1 aromatic rings. The number of carbonyl (C=O) groups excluding carboxylic acids is 2. The number of benzene rings is 1. The lowest BCUT2D eigenvalue weighted by atomic mass is 10.2. The van der Waals surface area contributed by atoms with Crippen molar-refractivity contribution in [1.29, 1.82) is 0 Å². The maximum atomic E-state index is 11.9. The molecule has 0 bridgehead atoms. The summed E-state index contributed by atoms with van der Waals surface area (Å²) in [5.41, 5.74) is 6.14. The molecule has 84 valence electrons. The highest BCUT2D eigenvalue weighted by Crippen LogP contribution is 2.16. The minimum Gasteiger partial charge on any atom is -0.326 e. The van der Waals surface area contributed by atoms with Crippen molar-refractivity contribution >= 4 is 27.7 Å². The molecule has 0 aromatic heterocycles. The molecule has 1 saturated heterocycles. The van der Waals surface area contributed by atoms with Gasteiger partial charge in [-0.05, 0) is 24.3 Å². The Hall–Kier alpha value is -1.20. The predicted molar refractivity (Wildman–Crippen MR) is 62.8 cm³/mol. The molecule has 2 N–H and O–H groups in total. The van der Waals surface area contributed by atoms with Crippen LogP contribution in [0, 0.1) is 0 Å². The molecular formula is C11H11BrN2O2. The molecule has 1 aromatic carbocycles. The van der Waals surface area contributed by atoms with Crippen LogP contribution in [0.15, 0.2) is 28.7 Å². The second kappa shape index (κ2) is 4.35. The molecule has 1 aliphatic heterocycles. The van der Waals surface area contributed by atoms with Crippen LogP contribution in [-0.4, -0.2) is 29.3 Å². The van der Waals surface area contributed by atoms with Gasteiger partial charge in [0.2, 0.25) is 5.91 Å². The molecule has 0 radical (unpaired) electrons. The second-order valence-electron chi connectivity index (χ2n) is 3.78. The lowest BCUT2D eigenvalue weighted by Gasteiger charge is -2.13. The van der Waals surface area contributed by atoms with Crippen LogP contribution >= 0.6 is 15.9 Å². The maximum Gasteiger partial charge on any atom is 0.260 e. The van der Waals surface area contributed by atoms with Crippen LogP contribution in [-0.2, 0) is 4.79 Å². The van der Waals surface area contributed by atoms with Gasteiger partial charge in [-0.2, -0.15) is 0 Å². The van der Waals surface area contributed by atoms with Gasteiger partial charge in [-0.3, -0.25) is 14.5 Å². The van der Waals surface area contributed by atoms with Gasteiger partial charge >= 0.3 is 0 Å². The van der Waals surface area contributed by atoms with Gasteiger partial charge in [0.1, 0.15) is 0 Å². The number of nitrogens with two attached hydrogens (primary N) is 1. The first-order valence-electron chi connectivity index (χ1n) is 4.94. The molecule has 0 spiro atoms. The van der Waals surface area contributed by atoms with E-state index in [0.29, 0.717) is 12.1 Å². The van der Waals surface area contributed by atoms with Crippen molar-refractivity contribution in [2.75, 3.05) is 6.54 Å². The van der Waals surface area contributed by atoms with Gasteiger partial charge in [-0.1, -0.05) is 15.9 Å². The topological polar surface area (TPSA) is 63.4 Å². The summed E-state index contributed by atoms with van der Waals surface area (Å²) in [5, 5.41) is 0. The van der Waals surface area contributed by atoms with E-state index in [-0.39, 0.29) is 24.3 Å². The number of likely N-dealkylation sites (tertiary alicyclic amines) is 1. The van der Waals surface area contributed by atoms with E-state index in [4.69, 9.17) is 5.73 Å². The molecule has 1 fully saturated rings. The Morgan fingerprint density at radius 3 is 2.50 bits per heavy atom. The van der Waals surface area contributed by atoms with Crippen molar-refractivity contribution in [1.82, 2.24) is 4.90 Å². The SMILES string of the molecule is NC1CC(=O)N(C(=O)c2ccc(Br)cc2)C1. The summed E-state index contributed by atoms with van der Waals surface area (Å²) in [5.74, 6) is -0.467. The number of imide groups is 1. The van der Waals surface area contributed by atoms with E-state index in [9.17, 15) is 9.59 Å². The molecule has 0 saturated carbocycles. The Labute approximate surface area is 102 Å². The largest absolute Gasteiger partial charge is 0.326 e. The second-order valence-corrected chi connectivity index (χ2v) is 4.70. The molecule has 2 rings (SSSR count). The van der Waals surface area contributed by atoms with E-state index in [2.05, 4.69) is 15.9 Å². The van der Waals surface area contributed by atoms with Gasteiger partial charge in [-0.15, -0.1) is 0 Å². The molecule has 4 nitrogen and oxygen atoms in total. The summed E-state index contributed by atoms with van der Waals surface area (Å²) >= 11 is 3.29. The van der Waals surface area contributed by atoms with Gasteiger partial charge in [-0.25, -0.2) is 0 Å². The first kappa shape index (κ1) is 11.3. The molecule has 1 heterocycles. The van der Waals surface area contributed by atoms with Crippen molar-refractivity contribution in [3.63, 3.8) is 0 Å². The van der Waals surface area contributed by atoms with Crippen LogP contribution in [0.2, 0.25) is 0 Å². The van der Waals surface area contributed by atoms with Crippen molar-refractivity contribution in [3.8, 4) is 0 Å². The lowest BCUT2D eigenvalue weighted by Crippen LogP contribution is -2.34. The highest BCUT2D eigenvalue weighted by Gasteiger charge is 2.32. The third-order valence-corrected chi connectivity index (χ3v) is 3.02. The molecule has 1 unspecified atom stereocenters. The average Bonchev–Trinajstić information content (AvgIpc) is 2.58. The minimum absolute atomic E-state index is 0.194. The Bertz CT molecular complexity index is 430. The van der Waals surface area contributed by atoms with Crippen molar-refractivity contribution in [2.24, 2.45) is 5.73 Å². The molecule has 16 heavy (non-hydrogen) atoms. The molecule has 2 amide bonds. The first-order valence-corrected chi connectivity index (χ1v) is 5.73. The van der Waals surface area contributed by atoms with E-state index in [1.54, 1.807) is 24.3 Å². The Kier molecular flexibility index (Phi) is 3.07. The standard InChI is InChI=1S/C11H11BrN2O2/c12-8-3-1-7(2-4-8)11(16)14-6-9(13)5-10(14)15/h1-4,9H,5-6,13H2. The van der Waals surface area contributed by atoms with Crippen LogP contribution in [0.1, 0.15) is 16.8 Å². The monoisotopic (exact) mass is 282 g/mol. The first-order chi connectivity index (χ1) is 7.58. The smallest absolute Gasteiger partial charge is 0.260 e. The summed E-state index contributed by atoms with van der Waals surface area (Å²) in [6.07, 6.45) is 0.252. The minimum atomic E-state index is -0.273. The lowest BCUT2D eigenvalue weighted by molar-refractivity contribution is -0.125. The van der Waals surface area contributed by atoms with Gasteiger partial charge in [0.15, 0.2) is 0 Å². The Morgan fingerprint density at radius 2 is 2.00 bits per heavy atom. The van der Waals surface area contributed by atoms with Crippen LogP contribution < -0.4 is 5.73 Å². The summed E-state index contributed by atoms with van der Waals surface area (Å²) in [6.45, 7) is 0.313. The third kappa shape index (κ3) is 2.15. The summed E-state index contributed by atoms with van der Waals surface area (Å²) in [7, 11) is 0. The van der Waals surface area contributed by atoms with Gasteiger partial charge < -0.3 is 5.73 Å². The quantitative estimate of drug-likeness (QED) is 0.786. The number of amides is 2. The zero-order valence-electron chi connectivity index (χ0n) is 8.52. The number of hydrogen-bond acceptors (Lipinski definition) is 3. The van der Waals surface area contributed by atoms with E-state index < -0.39 is 0 Å². The van der Waals surface area contributed by atoms with Crippen molar-refractivity contribution in [3.05, 3.63) is 34.3 Å². The van der Waals surface area contributed by atoms with Gasteiger partial charge in [0.25, 0.3) is 5.91 Å². The van der Waals surface area contributed by atoms with Crippen molar-refractivity contribution in [2.45, 2.75) is 12.5 Å². The highest BCUT2D eigenvalue weighted by atomic mass is 79.9. The van der Waals surface area contributed by atoms with E-state index >= 15 is 0 Å². The summed E-state index contributed by atoms with van der Waals surface area (Å²) in [6, 6.07) is 6.68. The number of hydrogen-bond donors (Lipinski definition) is 1. The van der Waals surface area contributed by atoms with Gasteiger partial charge in [0.05, 0.1) is 0 Å². The molecule has 0 aliphatic carbocycles. The average molecular weight is 283 g/mol. The Balaban J connectivity index is 2.19. The number of halogens is 1. The zero-order chi connectivity index (χ0) is 11.7. The fourth-order valence-corrected chi connectivity index (χ4v) is 1.94. The van der Waals surface area contributed by atoms with Gasteiger partial charge in [0, 0.05) is 29.0 Å². The summed E-state index contributed by atoms with van der Waals surface area (Å²) < 4.78 is 0.897. The van der Waals surface area contributed by atoms with E-state index in [1.165, 1.54) is 4.90 Å². The van der Waals surface area contributed by atoms with E-state index in [0.717, 1.165) is 4.47 Å². The molecule has 5 heteroatoms. The normalized spacial score (nSPS) is 20.2. The maximum absolute atomic E-state index is 11.9. The van der Waals surface area contributed by atoms with Crippen molar-refractivity contribution < 1.29 is 9.59 Å². The fraction of sp³-hybridized carbons (Fsp3) is 0.273. The van der Waals surface area contributed by atoms with Crippen LogP contribution in [0.3, 0.4) is 0 Å². The van der Waals surface area contributed by atoms with Crippen LogP contribution in [0.25, 0.3) is 0 Å². The molecule has 1 atom stereocenters. The Morgan fingerprint density at radius 1 is 1.38 bits per heavy atom. The van der Waals surface area contributed by atoms with Crippen LogP contribution in [0.5, 0.6) is 0 Å². The molecule has 1 aliphatic rings. The van der Waals surface area contributed by atoms with Crippen LogP contribution in [0.4, 0.5) is 0 Å². The fourth-order valence-electron chi connectivity index (χ4n) is 1.68. The highest BCUT2D eigenvalue weighted by molar-refractivity contribution is 9.10. The number of nitrogens with zero attached hydrogens (tertiary/aromatic N) is 1. The zero-order valence-corrected chi connectivity index (χ0v) is 10.1. The summed E-state index contributed by atoms with van der Waals surface area (Å²) in [4.78, 5) is 24.6. The molecular weight excluding hydrogens is 272 g/mol. The number of carbonyl (C=O) groups is 2. The number of rotatable bonds is 1.